The first-order valence-electron chi connectivity index (χ1n) is 15.1. The number of carbonyl (C=O) groups is 2. The third-order valence-corrected chi connectivity index (χ3v) is 7.89. The minimum Gasteiger partial charge on any atom is -0.493 e. The van der Waals surface area contributed by atoms with Gasteiger partial charge >= 0.3 is 11.9 Å². The molecule has 1 heterocycles. The van der Waals surface area contributed by atoms with Gasteiger partial charge in [0.1, 0.15) is 23.9 Å². The van der Waals surface area contributed by atoms with Crippen LogP contribution in [0.4, 0.5) is 0 Å². The van der Waals surface area contributed by atoms with Crippen molar-refractivity contribution in [3.8, 4) is 28.4 Å². The first kappa shape index (κ1) is 32.6. The van der Waals surface area contributed by atoms with E-state index >= 15 is 0 Å². The van der Waals surface area contributed by atoms with Crippen molar-refractivity contribution in [1.29, 1.82) is 0 Å². The zero-order valence-electron chi connectivity index (χ0n) is 24.9. The summed E-state index contributed by atoms with van der Waals surface area (Å²) in [6, 6.07) is 24.1. The molecule has 3 aromatic carbocycles. The van der Waals surface area contributed by atoms with Gasteiger partial charge in [-0.25, -0.2) is 0 Å². The smallest absolute Gasteiger partial charge is 0.303 e. The molecule has 0 aliphatic heterocycles. The summed E-state index contributed by atoms with van der Waals surface area (Å²) in [5.41, 5.74) is 5.32. The van der Waals surface area contributed by atoms with Crippen molar-refractivity contribution in [1.82, 2.24) is 0 Å². The zero-order chi connectivity index (χ0) is 31.0. The highest BCUT2D eigenvalue weighted by atomic mass is 32.1. The van der Waals surface area contributed by atoms with Gasteiger partial charge < -0.3 is 24.4 Å². The van der Waals surface area contributed by atoms with E-state index in [-0.39, 0.29) is 19.4 Å². The van der Waals surface area contributed by atoms with Crippen molar-refractivity contribution < 1.29 is 34.0 Å². The number of hydrogen-bond acceptors (Lipinski definition) is 6. The number of benzene rings is 3. The molecule has 0 atom stereocenters. The van der Waals surface area contributed by atoms with Crippen molar-refractivity contribution in [2.75, 3.05) is 13.2 Å². The summed E-state index contributed by atoms with van der Waals surface area (Å²) in [6.45, 7) is 1.38. The first-order valence-corrected chi connectivity index (χ1v) is 16.1. The molecule has 4 rings (SSSR count). The van der Waals surface area contributed by atoms with Crippen LogP contribution in [-0.2, 0) is 29.0 Å². The molecule has 1 aromatic heterocycles. The number of rotatable bonds is 20. The average molecular weight is 617 g/mol. The monoisotopic (exact) mass is 616 g/mol. The van der Waals surface area contributed by atoms with Crippen molar-refractivity contribution in [3.63, 3.8) is 0 Å². The lowest BCUT2D eigenvalue weighted by molar-refractivity contribution is -0.138. The number of unbranched alkanes of at least 4 members (excludes halogenated alkanes) is 3. The second-order valence-corrected chi connectivity index (χ2v) is 11.4. The number of carboxylic acids is 2. The van der Waals surface area contributed by atoms with Gasteiger partial charge in [-0.3, -0.25) is 9.59 Å². The van der Waals surface area contributed by atoms with Crippen LogP contribution in [0.25, 0.3) is 11.1 Å². The molecule has 0 radical (unpaired) electrons. The van der Waals surface area contributed by atoms with Gasteiger partial charge in [-0.05, 0) is 94.9 Å². The number of ether oxygens (including phenoxy) is 3. The fourth-order valence-electron chi connectivity index (χ4n) is 4.94. The maximum atomic E-state index is 11.3. The Morgan fingerprint density at radius 1 is 0.659 bits per heavy atom. The molecule has 232 valence electrons. The molecule has 0 saturated carbocycles. The Morgan fingerprint density at radius 3 is 2.16 bits per heavy atom. The summed E-state index contributed by atoms with van der Waals surface area (Å²) >= 11 is 1.66. The number of aliphatic carboxylic acids is 2. The Bertz CT molecular complexity index is 1450. The van der Waals surface area contributed by atoms with Crippen LogP contribution in [0.2, 0.25) is 0 Å². The van der Waals surface area contributed by atoms with E-state index in [9.17, 15) is 14.7 Å². The number of aryl methyl sites for hydroxylation is 1. The molecule has 0 fully saturated rings. The highest BCUT2D eigenvalue weighted by Gasteiger charge is 2.12. The second-order valence-electron chi connectivity index (χ2n) is 10.6. The fourth-order valence-corrected chi connectivity index (χ4v) is 5.60. The van der Waals surface area contributed by atoms with Gasteiger partial charge in [0.25, 0.3) is 0 Å². The second kappa shape index (κ2) is 17.7. The molecule has 0 amide bonds. The molecule has 0 aliphatic rings. The van der Waals surface area contributed by atoms with Gasteiger partial charge in [0.05, 0.1) is 13.2 Å². The Hall–Kier alpha value is -4.30. The first-order chi connectivity index (χ1) is 21.5. The topological polar surface area (TPSA) is 102 Å². The van der Waals surface area contributed by atoms with E-state index in [1.165, 1.54) is 0 Å². The molecular weight excluding hydrogens is 576 g/mol. The number of hydrogen-bond donors (Lipinski definition) is 2. The summed E-state index contributed by atoms with van der Waals surface area (Å²) in [4.78, 5) is 22.1. The molecule has 0 aliphatic carbocycles. The van der Waals surface area contributed by atoms with Crippen LogP contribution in [0.1, 0.15) is 61.6 Å². The van der Waals surface area contributed by atoms with Crippen LogP contribution in [0, 0.1) is 0 Å². The summed E-state index contributed by atoms with van der Waals surface area (Å²) < 4.78 is 18.1. The summed E-state index contributed by atoms with van der Waals surface area (Å²) in [5, 5.41) is 22.3. The molecule has 2 N–H and O–H groups in total. The van der Waals surface area contributed by atoms with Crippen LogP contribution >= 0.6 is 11.3 Å². The van der Waals surface area contributed by atoms with Crippen molar-refractivity contribution in [3.05, 3.63) is 100 Å². The van der Waals surface area contributed by atoms with E-state index in [2.05, 4.69) is 29.0 Å². The van der Waals surface area contributed by atoms with E-state index in [1.54, 1.807) is 11.3 Å². The van der Waals surface area contributed by atoms with Gasteiger partial charge in [-0.2, -0.15) is 11.3 Å². The number of carboxylic acid groups (broad SMARTS) is 2. The summed E-state index contributed by atoms with van der Waals surface area (Å²) in [5.74, 6) is 0.509. The predicted molar refractivity (Wildman–Crippen MR) is 173 cm³/mol. The average Bonchev–Trinajstić information content (AvgIpc) is 3.57. The molecule has 8 heteroatoms. The molecule has 0 bridgehead atoms. The molecule has 4 aromatic rings. The molecule has 44 heavy (non-hydrogen) atoms. The lowest BCUT2D eigenvalue weighted by Gasteiger charge is -2.15. The van der Waals surface area contributed by atoms with E-state index in [0.29, 0.717) is 31.8 Å². The SMILES string of the molecule is O=C(O)CCCOc1cccc(CCCCCCOc2cc(OCc3ccccc3)cc(-c3ccsc3)c2)c1CCC(=O)O. The standard InChI is InChI=1S/C36H40O7S/c37-35(38)15-9-20-42-34-14-8-13-28(33(34)16-17-36(39)40)12-6-1-2-7-19-41-31-22-30(29-18-21-44-26-29)23-32(24-31)43-25-27-10-4-3-5-11-27/h3-5,8,10-11,13-14,18,21-24,26H,1-2,6-7,9,12,15-17,19-20,25H2,(H,37,38)(H,39,40). The molecule has 0 unspecified atom stereocenters. The Morgan fingerprint density at radius 2 is 1.41 bits per heavy atom. The van der Waals surface area contributed by atoms with Crippen LogP contribution in [0.15, 0.2) is 83.6 Å². The minimum atomic E-state index is -0.858. The molecular formula is C36H40O7S. The third-order valence-electron chi connectivity index (χ3n) is 7.20. The summed E-state index contributed by atoms with van der Waals surface area (Å²) in [6.07, 6.45) is 5.59. The van der Waals surface area contributed by atoms with Gasteiger partial charge in [-0.1, -0.05) is 55.3 Å². The van der Waals surface area contributed by atoms with Crippen LogP contribution < -0.4 is 14.2 Å². The Kier molecular flexibility index (Phi) is 13.1. The van der Waals surface area contributed by atoms with E-state index in [4.69, 9.17) is 19.3 Å². The van der Waals surface area contributed by atoms with Crippen LogP contribution in [-0.4, -0.2) is 35.4 Å². The zero-order valence-corrected chi connectivity index (χ0v) is 25.7. The van der Waals surface area contributed by atoms with Gasteiger partial charge in [0, 0.05) is 18.9 Å². The van der Waals surface area contributed by atoms with Crippen LogP contribution in [0.5, 0.6) is 17.2 Å². The highest BCUT2D eigenvalue weighted by molar-refractivity contribution is 7.08. The van der Waals surface area contributed by atoms with Crippen molar-refractivity contribution >= 4 is 23.3 Å². The highest BCUT2D eigenvalue weighted by Crippen LogP contribution is 2.32. The predicted octanol–water partition coefficient (Wildman–Crippen LogP) is 8.44. The fraction of sp³-hybridized carbons (Fsp3) is 0.333. The lowest BCUT2D eigenvalue weighted by Crippen LogP contribution is -2.07. The molecule has 0 saturated heterocycles. The van der Waals surface area contributed by atoms with Gasteiger partial charge in [0.2, 0.25) is 0 Å². The van der Waals surface area contributed by atoms with Crippen molar-refractivity contribution in [2.24, 2.45) is 0 Å². The minimum absolute atomic E-state index is 0.0203. The van der Waals surface area contributed by atoms with E-state index < -0.39 is 11.9 Å². The lowest BCUT2D eigenvalue weighted by atomic mass is 9.97. The third kappa shape index (κ3) is 11.1. The molecule has 0 spiro atoms. The van der Waals surface area contributed by atoms with E-state index in [1.807, 2.05) is 54.6 Å². The molecule has 7 nitrogen and oxygen atoms in total. The normalized spacial score (nSPS) is 10.8. The van der Waals surface area contributed by atoms with Crippen molar-refractivity contribution in [2.45, 2.75) is 64.4 Å². The Balaban J connectivity index is 1.26. The Labute approximate surface area is 263 Å². The number of thiophene rings is 1. The van der Waals surface area contributed by atoms with E-state index in [0.717, 1.165) is 71.4 Å². The summed E-state index contributed by atoms with van der Waals surface area (Å²) in [7, 11) is 0. The van der Waals surface area contributed by atoms with Gasteiger partial charge in [-0.15, -0.1) is 0 Å². The maximum Gasteiger partial charge on any atom is 0.303 e. The largest absolute Gasteiger partial charge is 0.493 e. The van der Waals surface area contributed by atoms with Crippen LogP contribution in [0.3, 0.4) is 0 Å². The maximum absolute atomic E-state index is 11.3. The van der Waals surface area contributed by atoms with Gasteiger partial charge in [0.15, 0.2) is 0 Å². The quantitative estimate of drug-likeness (QED) is 0.0961.